The highest BCUT2D eigenvalue weighted by atomic mass is 19.1. The fraction of sp³-hybridized carbons (Fsp3) is 0.444. The van der Waals surface area contributed by atoms with Gasteiger partial charge in [0.05, 0.1) is 12.0 Å². The van der Waals surface area contributed by atoms with E-state index < -0.39 is 53.1 Å². The van der Waals surface area contributed by atoms with Gasteiger partial charge in [0.15, 0.2) is 0 Å². The highest BCUT2D eigenvalue weighted by Gasteiger charge is 2.39. The zero-order valence-electron chi connectivity index (χ0n) is 21.3. The van der Waals surface area contributed by atoms with E-state index in [1.807, 2.05) is 44.2 Å². The first-order chi connectivity index (χ1) is 16.8. The number of aliphatic hydroxyl groups is 1. The van der Waals surface area contributed by atoms with Crippen molar-refractivity contribution in [2.24, 2.45) is 17.3 Å². The fourth-order valence-corrected chi connectivity index (χ4v) is 3.95. The second kappa shape index (κ2) is 12.6. The highest BCUT2D eigenvalue weighted by Crippen LogP contribution is 2.26. The maximum Gasteiger partial charge on any atom is 0.272 e. The molecule has 196 valence electrons. The lowest BCUT2D eigenvalue weighted by molar-refractivity contribution is -0.147. The molecule has 0 spiro atoms. The van der Waals surface area contributed by atoms with E-state index in [1.54, 1.807) is 32.9 Å². The van der Waals surface area contributed by atoms with Gasteiger partial charge in [0.1, 0.15) is 18.0 Å². The quantitative estimate of drug-likeness (QED) is 0.253. The lowest BCUT2D eigenvalue weighted by Crippen LogP contribution is -2.57. The van der Waals surface area contributed by atoms with Gasteiger partial charge in [-0.2, -0.15) is 0 Å². The number of benzene rings is 2. The Bertz CT molecular complexity index is 1020. The van der Waals surface area contributed by atoms with E-state index >= 15 is 0 Å². The Balaban J connectivity index is 2.36. The van der Waals surface area contributed by atoms with Crippen LogP contribution in [0.5, 0.6) is 0 Å². The van der Waals surface area contributed by atoms with Gasteiger partial charge in [-0.3, -0.25) is 19.6 Å². The molecule has 0 aliphatic rings. The van der Waals surface area contributed by atoms with Gasteiger partial charge in [-0.25, -0.2) is 9.87 Å². The van der Waals surface area contributed by atoms with Gasteiger partial charge >= 0.3 is 0 Å². The monoisotopic (exact) mass is 501 g/mol. The Hall–Kier alpha value is -3.30. The SMILES string of the molecule is CC(C)CC(C(=O)N[C@H](C(=O)NC(c1ccccc1)c1ccc(F)cc1)C(C)(C)C)[C@H](O)C(=O)NO. The van der Waals surface area contributed by atoms with Crippen LogP contribution in [-0.4, -0.2) is 40.2 Å². The van der Waals surface area contributed by atoms with Crippen molar-refractivity contribution in [3.05, 3.63) is 71.5 Å². The van der Waals surface area contributed by atoms with E-state index in [0.717, 1.165) is 5.56 Å². The summed E-state index contributed by atoms with van der Waals surface area (Å²) >= 11 is 0. The summed E-state index contributed by atoms with van der Waals surface area (Å²) in [6.45, 7) is 8.99. The molecular formula is C27H36FN3O5. The zero-order chi connectivity index (χ0) is 27.0. The molecule has 2 unspecified atom stereocenters. The largest absolute Gasteiger partial charge is 0.382 e. The first-order valence-electron chi connectivity index (χ1n) is 11.9. The van der Waals surface area contributed by atoms with Gasteiger partial charge in [0, 0.05) is 0 Å². The molecule has 0 fully saturated rings. The number of nitrogens with one attached hydrogen (secondary N) is 3. The predicted molar refractivity (Wildman–Crippen MR) is 133 cm³/mol. The molecule has 2 aromatic carbocycles. The van der Waals surface area contributed by atoms with Gasteiger partial charge in [0.2, 0.25) is 11.8 Å². The summed E-state index contributed by atoms with van der Waals surface area (Å²) in [4.78, 5) is 38.6. The van der Waals surface area contributed by atoms with E-state index in [4.69, 9.17) is 5.21 Å². The molecule has 36 heavy (non-hydrogen) atoms. The van der Waals surface area contributed by atoms with Crippen molar-refractivity contribution in [1.29, 1.82) is 0 Å². The van der Waals surface area contributed by atoms with Crippen molar-refractivity contribution in [3.8, 4) is 0 Å². The zero-order valence-corrected chi connectivity index (χ0v) is 21.3. The number of halogens is 1. The van der Waals surface area contributed by atoms with Gasteiger partial charge in [-0.15, -0.1) is 0 Å². The summed E-state index contributed by atoms with van der Waals surface area (Å²) in [6.07, 6.45) is -1.64. The number of amides is 3. The molecule has 4 atom stereocenters. The Morgan fingerprint density at radius 2 is 1.42 bits per heavy atom. The van der Waals surface area contributed by atoms with Crippen molar-refractivity contribution in [1.82, 2.24) is 16.1 Å². The molecule has 5 N–H and O–H groups in total. The molecule has 0 bridgehead atoms. The van der Waals surface area contributed by atoms with E-state index in [1.165, 1.54) is 17.6 Å². The van der Waals surface area contributed by atoms with Crippen molar-refractivity contribution in [3.63, 3.8) is 0 Å². The number of aliphatic hydroxyl groups excluding tert-OH is 1. The minimum atomic E-state index is -1.79. The molecule has 0 aliphatic heterocycles. The molecular weight excluding hydrogens is 465 g/mol. The molecule has 2 aromatic rings. The third kappa shape index (κ3) is 7.86. The maximum atomic E-state index is 13.6. The van der Waals surface area contributed by atoms with Crippen LogP contribution in [0, 0.1) is 23.1 Å². The Morgan fingerprint density at radius 3 is 1.92 bits per heavy atom. The molecule has 0 aliphatic carbocycles. The van der Waals surface area contributed by atoms with Gasteiger partial charge in [0.25, 0.3) is 5.91 Å². The molecule has 2 rings (SSSR count). The maximum absolute atomic E-state index is 13.6. The van der Waals surface area contributed by atoms with E-state index in [2.05, 4.69) is 10.6 Å². The van der Waals surface area contributed by atoms with Crippen LogP contribution in [0.4, 0.5) is 4.39 Å². The van der Waals surface area contributed by atoms with E-state index in [9.17, 15) is 23.9 Å². The van der Waals surface area contributed by atoms with Crippen LogP contribution in [0.3, 0.4) is 0 Å². The summed E-state index contributed by atoms with van der Waals surface area (Å²) in [7, 11) is 0. The predicted octanol–water partition coefficient (Wildman–Crippen LogP) is 3.09. The fourth-order valence-electron chi connectivity index (χ4n) is 3.95. The minimum Gasteiger partial charge on any atom is -0.382 e. The lowest BCUT2D eigenvalue weighted by Gasteiger charge is -2.34. The average molecular weight is 502 g/mol. The minimum absolute atomic E-state index is 0.0512. The third-order valence-electron chi connectivity index (χ3n) is 5.86. The van der Waals surface area contributed by atoms with Crippen molar-refractivity contribution in [2.75, 3.05) is 0 Å². The number of carbonyl (C=O) groups is 3. The second-order valence-corrected chi connectivity index (χ2v) is 10.4. The highest BCUT2D eigenvalue weighted by molar-refractivity contribution is 5.92. The smallest absolute Gasteiger partial charge is 0.272 e. The molecule has 3 amide bonds. The molecule has 0 heterocycles. The van der Waals surface area contributed by atoms with E-state index in [0.29, 0.717) is 5.56 Å². The van der Waals surface area contributed by atoms with Crippen LogP contribution in [0.15, 0.2) is 54.6 Å². The number of hydroxylamine groups is 1. The summed E-state index contributed by atoms with van der Waals surface area (Å²) in [5.41, 5.74) is 2.05. The van der Waals surface area contributed by atoms with E-state index in [-0.39, 0.29) is 12.3 Å². The number of hydrogen-bond acceptors (Lipinski definition) is 5. The third-order valence-corrected chi connectivity index (χ3v) is 5.86. The molecule has 0 saturated carbocycles. The van der Waals surface area contributed by atoms with Gasteiger partial charge in [-0.05, 0) is 41.0 Å². The van der Waals surface area contributed by atoms with Crippen LogP contribution in [-0.2, 0) is 14.4 Å². The second-order valence-electron chi connectivity index (χ2n) is 10.4. The normalized spacial score (nSPS) is 14.9. The first kappa shape index (κ1) is 28.9. The molecule has 0 radical (unpaired) electrons. The average Bonchev–Trinajstić information content (AvgIpc) is 2.83. The van der Waals surface area contributed by atoms with Crippen molar-refractivity contribution < 1.29 is 29.1 Å². The van der Waals surface area contributed by atoms with Crippen LogP contribution in [0.1, 0.15) is 58.2 Å². The van der Waals surface area contributed by atoms with Crippen molar-refractivity contribution >= 4 is 17.7 Å². The van der Waals surface area contributed by atoms with Gasteiger partial charge in [-0.1, -0.05) is 77.1 Å². The standard InChI is InChI=1S/C27H36FN3O5/c1-16(2)15-20(22(32)25(34)31-36)24(33)30-23(27(3,4)5)26(35)29-21(17-9-7-6-8-10-17)18-11-13-19(28)14-12-18/h6-14,16,20-23,32,36H,15H2,1-5H3,(H,29,35)(H,30,33)(H,31,34)/t20?,21?,22-,23+/m0/s1. The van der Waals surface area contributed by atoms with Crippen molar-refractivity contribution in [2.45, 2.75) is 59.2 Å². The van der Waals surface area contributed by atoms with Crippen LogP contribution in [0.2, 0.25) is 0 Å². The summed E-state index contributed by atoms with van der Waals surface area (Å²) in [5, 5.41) is 24.9. The van der Waals surface area contributed by atoms with Gasteiger partial charge < -0.3 is 15.7 Å². The number of rotatable bonds is 10. The summed E-state index contributed by atoms with van der Waals surface area (Å²) < 4.78 is 13.6. The Kier molecular flexibility index (Phi) is 10.1. The molecule has 0 aromatic heterocycles. The number of hydrogen-bond donors (Lipinski definition) is 5. The first-order valence-corrected chi connectivity index (χ1v) is 11.9. The summed E-state index contributed by atoms with van der Waals surface area (Å²) in [5.74, 6) is -3.92. The topological polar surface area (TPSA) is 128 Å². The molecule has 0 saturated heterocycles. The lowest BCUT2D eigenvalue weighted by atomic mass is 9.84. The van der Waals surface area contributed by atoms with Crippen LogP contribution in [0.25, 0.3) is 0 Å². The Morgan fingerprint density at radius 1 is 0.861 bits per heavy atom. The molecule has 9 heteroatoms. The van der Waals surface area contributed by atoms with Crippen LogP contribution >= 0.6 is 0 Å². The number of carbonyl (C=O) groups excluding carboxylic acids is 3. The van der Waals surface area contributed by atoms with Crippen LogP contribution < -0.4 is 16.1 Å². The summed E-state index contributed by atoms with van der Waals surface area (Å²) in [6, 6.07) is 13.3. The Labute approximate surface area is 211 Å². The molecule has 8 nitrogen and oxygen atoms in total.